The van der Waals surface area contributed by atoms with Crippen molar-refractivity contribution in [2.24, 2.45) is 23.5 Å². The first kappa shape index (κ1) is 30.0. The van der Waals surface area contributed by atoms with Crippen molar-refractivity contribution < 1.29 is 34.8 Å². The normalized spacial score (nSPS) is 28.3. The second-order valence-corrected chi connectivity index (χ2v) is 12.8. The number of rotatable bonds is 5. The number of fused-ring (bicyclic) bond motifs is 4. The Bertz CT molecular complexity index is 1760. The molecule has 2 saturated carbocycles. The van der Waals surface area contributed by atoms with Gasteiger partial charge in [0.25, 0.3) is 0 Å². The molecule has 1 amide bonds. The highest BCUT2D eigenvalue weighted by atomic mass is 16.3. The predicted molar refractivity (Wildman–Crippen MR) is 164 cm³/mol. The van der Waals surface area contributed by atoms with Gasteiger partial charge in [0.05, 0.1) is 11.7 Å². The number of Topliss-reactive ketones (excluding diaryl/α,β-unsaturated/α-hetero) is 2. The van der Waals surface area contributed by atoms with Gasteiger partial charge in [-0.1, -0.05) is 42.5 Å². The van der Waals surface area contributed by atoms with E-state index in [1.54, 1.807) is 25.1 Å². The van der Waals surface area contributed by atoms with Gasteiger partial charge in [-0.15, -0.1) is 0 Å². The molecule has 2 unspecified atom stereocenters. The summed E-state index contributed by atoms with van der Waals surface area (Å²) in [6.07, 6.45) is -1.24. The molecule has 10 heteroatoms. The highest BCUT2D eigenvalue weighted by Gasteiger charge is 2.67. The number of carbonyl (C=O) groups is 3. The quantitative estimate of drug-likeness (QED) is 0.276. The van der Waals surface area contributed by atoms with E-state index in [0.29, 0.717) is 5.56 Å². The van der Waals surface area contributed by atoms with Crippen LogP contribution in [-0.4, -0.2) is 93.6 Å². The number of hydrogen-bond donors (Lipinski definition) is 5. The molecule has 6 N–H and O–H groups in total. The number of aliphatic hydroxyl groups excluding tert-OH is 2. The number of likely N-dealkylation sites (N-methyl/N-ethyl adjacent to an activating group) is 1. The molecule has 6 atom stereocenters. The highest BCUT2D eigenvalue weighted by molar-refractivity contribution is 6.25. The third-order valence-electron chi connectivity index (χ3n) is 9.76. The van der Waals surface area contributed by atoms with Gasteiger partial charge in [0.1, 0.15) is 17.4 Å². The fourth-order valence-corrected chi connectivity index (χ4v) is 7.93. The van der Waals surface area contributed by atoms with Gasteiger partial charge in [-0.3, -0.25) is 14.4 Å². The van der Waals surface area contributed by atoms with Crippen LogP contribution in [-0.2, 0) is 27.3 Å². The van der Waals surface area contributed by atoms with Crippen molar-refractivity contribution in [1.29, 1.82) is 0 Å². The molecule has 0 aromatic heterocycles. The summed E-state index contributed by atoms with van der Waals surface area (Å²) in [5.74, 6) is -7.59. The van der Waals surface area contributed by atoms with E-state index in [4.69, 9.17) is 5.73 Å². The van der Waals surface area contributed by atoms with Gasteiger partial charge in [0.15, 0.2) is 11.4 Å². The van der Waals surface area contributed by atoms with Crippen LogP contribution in [0.25, 0.3) is 27.7 Å². The number of phenolic OH excluding ortho intramolecular Hbond substituents is 1. The van der Waals surface area contributed by atoms with E-state index in [9.17, 15) is 34.8 Å². The molecular formula is C34H37N3O7. The van der Waals surface area contributed by atoms with Crippen LogP contribution in [0.15, 0.2) is 54.1 Å². The number of hydrogen-bond acceptors (Lipinski definition) is 9. The summed E-state index contributed by atoms with van der Waals surface area (Å²) in [6, 6.07) is 14.4. The van der Waals surface area contributed by atoms with Gasteiger partial charge in [-0.2, -0.15) is 0 Å². The smallest absolute Gasteiger partial charge is 0.230 e. The molecule has 3 aliphatic rings. The van der Waals surface area contributed by atoms with Crippen molar-refractivity contribution in [1.82, 2.24) is 9.80 Å². The van der Waals surface area contributed by atoms with Crippen LogP contribution in [0.4, 0.5) is 0 Å². The monoisotopic (exact) mass is 599 g/mol. The van der Waals surface area contributed by atoms with E-state index in [1.165, 1.54) is 6.07 Å². The summed E-state index contributed by atoms with van der Waals surface area (Å²) in [5.41, 5.74) is 6.15. The average molecular weight is 600 g/mol. The second-order valence-electron chi connectivity index (χ2n) is 12.8. The Balaban J connectivity index is 1.54. The summed E-state index contributed by atoms with van der Waals surface area (Å²) < 4.78 is 0. The van der Waals surface area contributed by atoms with Crippen LogP contribution in [0.2, 0.25) is 0 Å². The fourth-order valence-electron chi connectivity index (χ4n) is 7.93. The number of aromatic hydroxyl groups is 1. The Morgan fingerprint density at radius 3 is 2.27 bits per heavy atom. The third-order valence-corrected chi connectivity index (χ3v) is 9.76. The Hall–Kier alpha value is -4.09. The number of carbonyl (C=O) groups excluding carboxylic acids is 3. The Morgan fingerprint density at radius 1 is 0.977 bits per heavy atom. The van der Waals surface area contributed by atoms with E-state index >= 15 is 0 Å². The maximum absolute atomic E-state index is 14.1. The van der Waals surface area contributed by atoms with Crippen LogP contribution >= 0.6 is 0 Å². The zero-order valence-electron chi connectivity index (χ0n) is 25.1. The van der Waals surface area contributed by atoms with Crippen molar-refractivity contribution in [3.8, 4) is 16.9 Å². The molecule has 0 spiro atoms. The standard InChI is InChI=1S/C34H37N3O7/c1-36(2)15-16-9-10-20(19-8-6-5-7-18(16)19)21-11-12-24(38)26-22(21)13-17-14-23-28(37(3)4)30(40)27(33(35)43)32(42)34(23,44)31(41)25(17)29(26)39/h5-12,17,23,27-28,30,38-40,44H,13-15H2,1-4H3,(H2,35,43)/t17-,23-,27?,28-,30?,34-/m1/s1. The largest absolute Gasteiger partial charge is 0.507 e. The minimum Gasteiger partial charge on any atom is -0.507 e. The molecule has 6 rings (SSSR count). The average Bonchev–Trinajstić information content (AvgIpc) is 2.95. The molecule has 0 heterocycles. The van der Waals surface area contributed by atoms with Crippen molar-refractivity contribution >= 4 is 34.0 Å². The molecule has 3 aromatic rings. The number of primary amides is 1. The van der Waals surface area contributed by atoms with Crippen molar-refractivity contribution in [2.45, 2.75) is 37.1 Å². The summed E-state index contributed by atoms with van der Waals surface area (Å²) in [4.78, 5) is 43.6. The summed E-state index contributed by atoms with van der Waals surface area (Å²) >= 11 is 0. The summed E-state index contributed by atoms with van der Waals surface area (Å²) in [5, 5.41) is 47.7. The molecule has 10 nitrogen and oxygen atoms in total. The molecular weight excluding hydrogens is 562 g/mol. The molecule has 44 heavy (non-hydrogen) atoms. The molecule has 0 saturated heterocycles. The van der Waals surface area contributed by atoms with Gasteiger partial charge in [0, 0.05) is 24.1 Å². The lowest BCUT2D eigenvalue weighted by Gasteiger charge is -2.53. The molecule has 2 fully saturated rings. The fraction of sp³-hybridized carbons (Fsp3) is 0.382. The highest BCUT2D eigenvalue weighted by Crippen LogP contribution is 2.53. The number of nitrogens with zero attached hydrogens (tertiary/aromatic N) is 2. The van der Waals surface area contributed by atoms with Crippen LogP contribution in [0.3, 0.4) is 0 Å². The minimum absolute atomic E-state index is 0.0653. The maximum Gasteiger partial charge on any atom is 0.230 e. The molecule has 230 valence electrons. The van der Waals surface area contributed by atoms with Crippen LogP contribution in [0.5, 0.6) is 5.75 Å². The first-order valence-corrected chi connectivity index (χ1v) is 14.7. The van der Waals surface area contributed by atoms with E-state index in [0.717, 1.165) is 34.0 Å². The number of phenols is 1. The van der Waals surface area contributed by atoms with Crippen molar-refractivity contribution in [3.63, 3.8) is 0 Å². The van der Waals surface area contributed by atoms with Gasteiger partial charge in [-0.25, -0.2) is 0 Å². The molecule has 0 bridgehead atoms. The van der Waals surface area contributed by atoms with Gasteiger partial charge in [-0.05, 0) is 86.0 Å². The zero-order chi connectivity index (χ0) is 31.8. The first-order chi connectivity index (χ1) is 20.8. The van der Waals surface area contributed by atoms with Gasteiger partial charge >= 0.3 is 0 Å². The van der Waals surface area contributed by atoms with E-state index in [2.05, 4.69) is 17.0 Å². The van der Waals surface area contributed by atoms with Gasteiger partial charge in [0.2, 0.25) is 11.7 Å². The van der Waals surface area contributed by atoms with E-state index in [-0.39, 0.29) is 29.7 Å². The SMILES string of the molecule is CN(C)Cc1ccc(-c2ccc(O)c3c2C[C@@H]2C[C@@H]4[C@@H](N(C)C)C(O)C(C(N)=O)C(=O)[C@]4(O)C(=O)C2=C3O)c2ccccc12. The Kier molecular flexibility index (Phi) is 7.16. The van der Waals surface area contributed by atoms with Crippen molar-refractivity contribution in [3.05, 3.63) is 70.8 Å². The molecule has 3 aromatic carbocycles. The Morgan fingerprint density at radius 2 is 1.64 bits per heavy atom. The first-order valence-electron chi connectivity index (χ1n) is 14.7. The lowest BCUT2D eigenvalue weighted by molar-refractivity contribution is -0.184. The number of nitrogens with two attached hydrogens (primary N) is 1. The summed E-state index contributed by atoms with van der Waals surface area (Å²) in [7, 11) is 7.28. The third kappa shape index (κ3) is 4.20. The summed E-state index contributed by atoms with van der Waals surface area (Å²) in [6.45, 7) is 0.740. The van der Waals surface area contributed by atoms with Crippen molar-refractivity contribution in [2.75, 3.05) is 28.2 Å². The Labute approximate surface area is 255 Å². The van der Waals surface area contributed by atoms with E-state index < -0.39 is 58.7 Å². The zero-order valence-corrected chi connectivity index (χ0v) is 25.1. The van der Waals surface area contributed by atoms with Gasteiger partial charge < -0.3 is 36.0 Å². The lowest BCUT2D eigenvalue weighted by atomic mass is 9.54. The minimum atomic E-state index is -2.68. The maximum atomic E-state index is 14.1. The topological polar surface area (TPSA) is 165 Å². The van der Waals surface area contributed by atoms with Crippen LogP contribution in [0, 0.1) is 17.8 Å². The number of ketones is 2. The lowest BCUT2D eigenvalue weighted by Crippen LogP contribution is -2.73. The molecule has 3 aliphatic carbocycles. The van der Waals surface area contributed by atoms with Crippen LogP contribution < -0.4 is 5.73 Å². The second kappa shape index (κ2) is 10.5. The number of amides is 1. The predicted octanol–water partition coefficient (Wildman–Crippen LogP) is 2.01. The van der Waals surface area contributed by atoms with Crippen LogP contribution in [0.1, 0.15) is 23.1 Å². The molecule has 0 aliphatic heterocycles. The number of benzene rings is 3. The van der Waals surface area contributed by atoms with E-state index in [1.807, 2.05) is 38.4 Å². The molecule has 0 radical (unpaired) electrons. The number of aliphatic hydroxyl groups is 3.